The standard InChI is InChI=1S/C26H24N4O8S/c1-37-20-8-5-9-21(38-2)23(20)24(31)27-16-10-12-17(13-11-16)39(35,36)22(26(33)34)14-15-30-25(32)18-6-3-4-7-19(18)28-29-30/h3-13,22H,14-15H2,1-2H3,(H,27,31)(H,33,34). The van der Waals surface area contributed by atoms with Gasteiger partial charge in [0.15, 0.2) is 15.1 Å². The highest BCUT2D eigenvalue weighted by atomic mass is 32.2. The first-order chi connectivity index (χ1) is 18.7. The Morgan fingerprint density at radius 3 is 2.23 bits per heavy atom. The molecule has 1 heterocycles. The van der Waals surface area contributed by atoms with Gasteiger partial charge in [-0.3, -0.25) is 14.4 Å². The molecular weight excluding hydrogens is 528 g/mol. The van der Waals surface area contributed by atoms with Gasteiger partial charge in [0, 0.05) is 12.2 Å². The van der Waals surface area contributed by atoms with Crippen LogP contribution in [-0.2, 0) is 21.2 Å². The first kappa shape index (κ1) is 27.3. The minimum Gasteiger partial charge on any atom is -0.496 e. The monoisotopic (exact) mass is 552 g/mol. The van der Waals surface area contributed by atoms with Crippen molar-refractivity contribution < 1.29 is 32.6 Å². The van der Waals surface area contributed by atoms with Crippen LogP contribution in [0.1, 0.15) is 16.8 Å². The van der Waals surface area contributed by atoms with E-state index in [1.54, 1.807) is 42.5 Å². The summed E-state index contributed by atoms with van der Waals surface area (Å²) in [7, 11) is -1.54. The van der Waals surface area contributed by atoms with Crippen LogP contribution in [0.3, 0.4) is 0 Å². The number of carboxylic acids is 1. The lowest BCUT2D eigenvalue weighted by molar-refractivity contribution is -0.136. The topological polar surface area (TPSA) is 167 Å². The van der Waals surface area contributed by atoms with Crippen LogP contribution in [0, 0.1) is 0 Å². The molecule has 1 unspecified atom stereocenters. The van der Waals surface area contributed by atoms with Crippen LogP contribution < -0.4 is 20.3 Å². The zero-order valence-electron chi connectivity index (χ0n) is 20.9. The van der Waals surface area contributed by atoms with Crippen molar-refractivity contribution in [2.75, 3.05) is 19.5 Å². The third-order valence-corrected chi connectivity index (χ3v) is 8.09. The molecule has 202 valence electrons. The highest BCUT2D eigenvalue weighted by Crippen LogP contribution is 2.29. The van der Waals surface area contributed by atoms with Crippen LogP contribution in [0.2, 0.25) is 0 Å². The molecule has 0 spiro atoms. The molecule has 1 atom stereocenters. The Hall–Kier alpha value is -4.78. The summed E-state index contributed by atoms with van der Waals surface area (Å²) in [5, 5.41) is 18.5. The molecule has 0 aliphatic rings. The first-order valence-electron chi connectivity index (χ1n) is 11.6. The number of amides is 1. The van der Waals surface area contributed by atoms with E-state index < -0.39 is 38.9 Å². The number of aromatic nitrogens is 3. The summed E-state index contributed by atoms with van der Waals surface area (Å²) >= 11 is 0. The largest absolute Gasteiger partial charge is 0.496 e. The van der Waals surface area contributed by atoms with E-state index in [9.17, 15) is 27.9 Å². The van der Waals surface area contributed by atoms with Gasteiger partial charge in [-0.15, -0.1) is 5.10 Å². The van der Waals surface area contributed by atoms with E-state index in [2.05, 4.69) is 15.6 Å². The van der Waals surface area contributed by atoms with Crippen LogP contribution in [0.5, 0.6) is 11.5 Å². The van der Waals surface area contributed by atoms with Crippen molar-refractivity contribution >= 4 is 38.3 Å². The van der Waals surface area contributed by atoms with Crippen molar-refractivity contribution in [2.24, 2.45) is 0 Å². The average molecular weight is 553 g/mol. The third-order valence-electron chi connectivity index (χ3n) is 5.98. The molecular formula is C26H24N4O8S. The van der Waals surface area contributed by atoms with E-state index in [1.165, 1.54) is 38.5 Å². The number of nitrogens with one attached hydrogen (secondary N) is 1. The number of aliphatic carboxylic acids is 1. The summed E-state index contributed by atoms with van der Waals surface area (Å²) in [6, 6.07) is 16.4. The van der Waals surface area contributed by atoms with Crippen LogP contribution in [0.4, 0.5) is 5.69 Å². The molecule has 0 radical (unpaired) electrons. The van der Waals surface area contributed by atoms with Gasteiger partial charge in [0.2, 0.25) is 0 Å². The number of nitrogens with zero attached hydrogens (tertiary/aromatic N) is 3. The molecule has 1 aromatic heterocycles. The Balaban J connectivity index is 1.53. The Bertz CT molecular complexity index is 1680. The highest BCUT2D eigenvalue weighted by Gasteiger charge is 2.34. The molecule has 3 aromatic carbocycles. The van der Waals surface area contributed by atoms with E-state index >= 15 is 0 Å². The number of ether oxygens (including phenoxy) is 2. The second-order valence-corrected chi connectivity index (χ2v) is 10.4. The fraction of sp³-hybridized carbons (Fsp3) is 0.192. The van der Waals surface area contributed by atoms with Crippen LogP contribution in [0.25, 0.3) is 10.9 Å². The van der Waals surface area contributed by atoms with Crippen molar-refractivity contribution in [3.63, 3.8) is 0 Å². The van der Waals surface area contributed by atoms with E-state index in [4.69, 9.17) is 9.47 Å². The summed E-state index contributed by atoms with van der Waals surface area (Å²) in [5.41, 5.74) is 0.278. The Morgan fingerprint density at radius 1 is 0.974 bits per heavy atom. The lowest BCUT2D eigenvalue weighted by Gasteiger charge is -2.15. The normalized spacial score (nSPS) is 12.1. The minimum atomic E-state index is -4.36. The molecule has 0 fully saturated rings. The van der Waals surface area contributed by atoms with Crippen molar-refractivity contribution in [2.45, 2.75) is 23.1 Å². The highest BCUT2D eigenvalue weighted by molar-refractivity contribution is 7.92. The third kappa shape index (κ3) is 5.57. The molecule has 4 aromatic rings. The Morgan fingerprint density at radius 2 is 1.62 bits per heavy atom. The number of rotatable bonds is 10. The van der Waals surface area contributed by atoms with Gasteiger partial charge in [0.05, 0.1) is 24.5 Å². The predicted octanol–water partition coefficient (Wildman–Crippen LogP) is 2.38. The number of carboxylic acid groups (broad SMARTS) is 1. The maximum atomic E-state index is 13.2. The second-order valence-electron chi connectivity index (χ2n) is 8.31. The lowest BCUT2D eigenvalue weighted by Crippen LogP contribution is -2.34. The molecule has 12 nitrogen and oxygen atoms in total. The Labute approximate surface area is 222 Å². The average Bonchev–Trinajstić information content (AvgIpc) is 2.93. The number of methoxy groups -OCH3 is 2. The van der Waals surface area contributed by atoms with Crippen molar-refractivity contribution in [3.8, 4) is 11.5 Å². The molecule has 0 aliphatic heterocycles. The molecule has 0 aliphatic carbocycles. The summed E-state index contributed by atoms with van der Waals surface area (Å²) in [4.78, 5) is 37.2. The number of anilines is 1. The van der Waals surface area contributed by atoms with Gasteiger partial charge in [0.1, 0.15) is 22.6 Å². The van der Waals surface area contributed by atoms with Crippen LogP contribution in [-0.4, -0.2) is 59.9 Å². The van der Waals surface area contributed by atoms with Gasteiger partial charge < -0.3 is 19.9 Å². The molecule has 13 heteroatoms. The van der Waals surface area contributed by atoms with Gasteiger partial charge >= 0.3 is 5.97 Å². The molecule has 4 rings (SSSR count). The number of aryl methyl sites for hydroxylation is 1. The number of benzene rings is 3. The predicted molar refractivity (Wildman–Crippen MR) is 141 cm³/mol. The summed E-state index contributed by atoms with van der Waals surface area (Å²) < 4.78 is 37.8. The van der Waals surface area contributed by atoms with Gasteiger partial charge in [-0.25, -0.2) is 13.1 Å². The number of fused-ring (bicyclic) bond motifs is 1. The molecule has 2 N–H and O–H groups in total. The van der Waals surface area contributed by atoms with Crippen molar-refractivity contribution in [3.05, 3.63) is 82.6 Å². The maximum absolute atomic E-state index is 13.2. The van der Waals surface area contributed by atoms with Crippen LogP contribution in [0.15, 0.2) is 76.4 Å². The quantitative estimate of drug-likeness (QED) is 0.298. The lowest BCUT2D eigenvalue weighted by atomic mass is 10.1. The SMILES string of the molecule is COc1cccc(OC)c1C(=O)Nc1ccc(S(=O)(=O)C(CCn2nnc3ccccc3c2=O)C(=O)O)cc1. The molecule has 0 saturated heterocycles. The van der Waals surface area contributed by atoms with E-state index in [0.29, 0.717) is 5.52 Å². The molecule has 0 bridgehead atoms. The number of carbonyl (C=O) groups excluding carboxylic acids is 1. The van der Waals surface area contributed by atoms with E-state index in [0.717, 1.165) is 4.68 Å². The van der Waals surface area contributed by atoms with Gasteiger partial charge in [-0.05, 0) is 55.0 Å². The summed E-state index contributed by atoms with van der Waals surface area (Å²) in [6.07, 6.45) is -0.420. The number of hydrogen-bond donors (Lipinski definition) is 2. The molecule has 0 saturated carbocycles. The van der Waals surface area contributed by atoms with Gasteiger partial charge in [0.25, 0.3) is 11.5 Å². The van der Waals surface area contributed by atoms with Gasteiger partial charge in [-0.2, -0.15) is 0 Å². The smallest absolute Gasteiger partial charge is 0.322 e. The zero-order chi connectivity index (χ0) is 28.2. The van der Waals surface area contributed by atoms with E-state index in [-0.39, 0.29) is 39.6 Å². The summed E-state index contributed by atoms with van der Waals surface area (Å²) in [6.45, 7) is -0.276. The number of carbonyl (C=O) groups is 2. The van der Waals surface area contributed by atoms with E-state index in [1.807, 2.05) is 0 Å². The zero-order valence-corrected chi connectivity index (χ0v) is 21.7. The van der Waals surface area contributed by atoms with Crippen LogP contribution >= 0.6 is 0 Å². The fourth-order valence-electron chi connectivity index (χ4n) is 3.98. The fourth-order valence-corrected chi connectivity index (χ4v) is 5.51. The minimum absolute atomic E-state index is 0.150. The van der Waals surface area contributed by atoms with Gasteiger partial charge in [-0.1, -0.05) is 23.4 Å². The number of sulfone groups is 1. The molecule has 39 heavy (non-hydrogen) atoms. The van der Waals surface area contributed by atoms with Crippen molar-refractivity contribution in [1.29, 1.82) is 0 Å². The Kier molecular flexibility index (Phi) is 7.91. The maximum Gasteiger partial charge on any atom is 0.322 e. The second kappa shape index (κ2) is 11.3. The first-order valence-corrected chi connectivity index (χ1v) is 13.1. The van der Waals surface area contributed by atoms with Crippen molar-refractivity contribution in [1.82, 2.24) is 15.0 Å². The molecule has 1 amide bonds. The summed E-state index contributed by atoms with van der Waals surface area (Å²) in [5.74, 6) is -1.56. The number of hydrogen-bond acceptors (Lipinski definition) is 9.